The highest BCUT2D eigenvalue weighted by Crippen LogP contribution is 2.32. The van der Waals surface area contributed by atoms with Crippen LogP contribution in [0, 0.1) is 6.92 Å². The highest BCUT2D eigenvalue weighted by molar-refractivity contribution is 6.32. The second-order valence-corrected chi connectivity index (χ2v) is 9.78. The Labute approximate surface area is 217 Å². The molecule has 6 aromatic rings. The summed E-state index contributed by atoms with van der Waals surface area (Å²) in [5.74, 6) is 0.166. The van der Waals surface area contributed by atoms with E-state index < -0.39 is 0 Å². The minimum Gasteiger partial charge on any atom is -0.285 e. The van der Waals surface area contributed by atoms with E-state index in [1.165, 1.54) is 0 Å². The third-order valence-corrected chi connectivity index (χ3v) is 6.93. The van der Waals surface area contributed by atoms with Gasteiger partial charge in [0.25, 0.3) is 5.56 Å². The summed E-state index contributed by atoms with van der Waals surface area (Å²) in [5, 5.41) is 14.9. The number of nitrogens with zero attached hydrogens (tertiary/aromatic N) is 6. The summed E-state index contributed by atoms with van der Waals surface area (Å²) >= 11 is 6.61. The van der Waals surface area contributed by atoms with Crippen molar-refractivity contribution < 1.29 is 0 Å². The summed E-state index contributed by atoms with van der Waals surface area (Å²) in [6, 6.07) is 15.3. The molecule has 0 aliphatic heterocycles. The van der Waals surface area contributed by atoms with E-state index in [4.69, 9.17) is 16.7 Å². The molecule has 0 bridgehead atoms. The number of aromatic amines is 1. The van der Waals surface area contributed by atoms with Crippen LogP contribution < -0.4 is 5.56 Å². The van der Waals surface area contributed by atoms with Crippen LogP contribution in [0.1, 0.15) is 36.7 Å². The van der Waals surface area contributed by atoms with Crippen LogP contribution in [-0.2, 0) is 6.54 Å². The molecule has 4 aromatic heterocycles. The van der Waals surface area contributed by atoms with Crippen molar-refractivity contribution in [3.8, 4) is 16.9 Å². The second-order valence-electron chi connectivity index (χ2n) is 9.37. The number of hydrogen-bond acceptors (Lipinski definition) is 5. The minimum absolute atomic E-state index is 0.122. The smallest absolute Gasteiger partial charge is 0.263 e. The summed E-state index contributed by atoms with van der Waals surface area (Å²) in [7, 11) is 0. The van der Waals surface area contributed by atoms with E-state index in [1.54, 1.807) is 23.2 Å². The first-order chi connectivity index (χ1) is 17.9. The average Bonchev–Trinajstić information content (AvgIpc) is 3.53. The maximum absolute atomic E-state index is 13.9. The van der Waals surface area contributed by atoms with Gasteiger partial charge in [0.2, 0.25) is 0 Å². The van der Waals surface area contributed by atoms with E-state index in [2.05, 4.69) is 34.0 Å². The maximum Gasteiger partial charge on any atom is 0.263 e. The van der Waals surface area contributed by atoms with Crippen LogP contribution in [0.25, 0.3) is 38.8 Å². The number of hydrogen-bond donors (Lipinski definition) is 1. The lowest BCUT2D eigenvalue weighted by Crippen LogP contribution is -2.24. The third kappa shape index (κ3) is 3.81. The third-order valence-electron chi connectivity index (χ3n) is 6.61. The van der Waals surface area contributed by atoms with Crippen LogP contribution in [0.5, 0.6) is 0 Å². The van der Waals surface area contributed by atoms with Crippen molar-refractivity contribution in [1.29, 1.82) is 0 Å². The number of pyridine rings is 1. The van der Waals surface area contributed by atoms with Gasteiger partial charge < -0.3 is 0 Å². The zero-order chi connectivity index (χ0) is 25.7. The first kappa shape index (κ1) is 23.1. The fourth-order valence-electron chi connectivity index (χ4n) is 4.92. The summed E-state index contributed by atoms with van der Waals surface area (Å²) < 4.78 is 3.52. The highest BCUT2D eigenvalue weighted by atomic mass is 35.5. The van der Waals surface area contributed by atoms with Gasteiger partial charge in [-0.2, -0.15) is 10.2 Å². The van der Waals surface area contributed by atoms with Crippen LogP contribution in [0.3, 0.4) is 0 Å². The molecule has 0 aliphatic rings. The normalized spacial score (nSPS) is 11.7. The Hall–Kier alpha value is -4.30. The lowest BCUT2D eigenvalue weighted by Gasteiger charge is -2.17. The topological polar surface area (TPSA) is 94.3 Å². The van der Waals surface area contributed by atoms with E-state index in [0.717, 1.165) is 39.0 Å². The summed E-state index contributed by atoms with van der Waals surface area (Å²) in [6.07, 6.45) is 5.11. The summed E-state index contributed by atoms with van der Waals surface area (Å²) in [4.78, 5) is 23.1. The number of aromatic nitrogens is 7. The Morgan fingerprint density at radius 2 is 1.89 bits per heavy atom. The molecule has 0 fully saturated rings. The molecule has 0 amide bonds. The molecule has 6 rings (SSSR count). The summed E-state index contributed by atoms with van der Waals surface area (Å²) in [6.45, 7) is 6.44. The fourth-order valence-corrected chi connectivity index (χ4v) is 5.14. The maximum atomic E-state index is 13.9. The minimum atomic E-state index is -0.122. The van der Waals surface area contributed by atoms with Gasteiger partial charge in [-0.15, -0.1) is 0 Å². The molecule has 0 radical (unpaired) electrons. The molecule has 0 atom stereocenters. The Kier molecular flexibility index (Phi) is 5.61. The highest BCUT2D eigenvalue weighted by Gasteiger charge is 2.22. The van der Waals surface area contributed by atoms with Crippen molar-refractivity contribution in [2.45, 2.75) is 33.2 Å². The molecule has 4 heterocycles. The molecule has 0 spiro atoms. The molecule has 37 heavy (non-hydrogen) atoms. The Bertz CT molecular complexity index is 1830. The van der Waals surface area contributed by atoms with Crippen LogP contribution in [0.15, 0.2) is 72.0 Å². The average molecular weight is 510 g/mol. The predicted octanol–water partition coefficient (Wildman–Crippen LogP) is 5.65. The Morgan fingerprint density at radius 1 is 1.05 bits per heavy atom. The van der Waals surface area contributed by atoms with Gasteiger partial charge in [-0.1, -0.05) is 55.8 Å². The second kappa shape index (κ2) is 8.97. The van der Waals surface area contributed by atoms with E-state index in [-0.39, 0.29) is 11.5 Å². The van der Waals surface area contributed by atoms with Crippen molar-refractivity contribution in [1.82, 2.24) is 34.5 Å². The van der Waals surface area contributed by atoms with Gasteiger partial charge in [0.15, 0.2) is 5.65 Å². The predicted molar refractivity (Wildman–Crippen MR) is 145 cm³/mol. The van der Waals surface area contributed by atoms with Gasteiger partial charge in [0, 0.05) is 17.5 Å². The number of fused-ring (bicyclic) bond motifs is 2. The van der Waals surface area contributed by atoms with Gasteiger partial charge in [-0.25, -0.2) is 14.6 Å². The molecule has 184 valence electrons. The van der Waals surface area contributed by atoms with E-state index in [1.807, 2.05) is 60.3 Å². The number of H-pyrrole nitrogens is 1. The zero-order valence-electron chi connectivity index (χ0n) is 20.6. The molecule has 1 N–H and O–H groups in total. The number of nitrogens with one attached hydrogen (secondary N) is 1. The lowest BCUT2D eigenvalue weighted by molar-refractivity contribution is 0.672. The van der Waals surface area contributed by atoms with Gasteiger partial charge in [-0.3, -0.25) is 14.5 Å². The number of para-hydroxylation sites is 1. The molecular weight excluding hydrogens is 486 g/mol. The monoisotopic (exact) mass is 509 g/mol. The number of halogens is 1. The van der Waals surface area contributed by atoms with Gasteiger partial charge >= 0.3 is 0 Å². The van der Waals surface area contributed by atoms with Gasteiger partial charge in [-0.05, 0) is 42.0 Å². The molecule has 0 aliphatic carbocycles. The number of aryl methyl sites for hydroxylation is 1. The van der Waals surface area contributed by atoms with Crippen LogP contribution >= 0.6 is 11.6 Å². The van der Waals surface area contributed by atoms with Crippen LogP contribution in [-0.4, -0.2) is 34.5 Å². The molecule has 0 unspecified atom stereocenters. The quantitative estimate of drug-likeness (QED) is 0.324. The van der Waals surface area contributed by atoms with Crippen molar-refractivity contribution in [3.63, 3.8) is 0 Å². The van der Waals surface area contributed by atoms with Gasteiger partial charge in [0.1, 0.15) is 12.0 Å². The van der Waals surface area contributed by atoms with E-state index in [9.17, 15) is 4.79 Å². The Balaban J connectivity index is 1.64. The number of benzene rings is 2. The van der Waals surface area contributed by atoms with Crippen molar-refractivity contribution in [2.75, 3.05) is 0 Å². The lowest BCUT2D eigenvalue weighted by atomic mass is 10.0. The Morgan fingerprint density at radius 3 is 2.65 bits per heavy atom. The van der Waals surface area contributed by atoms with Crippen molar-refractivity contribution in [2.24, 2.45) is 0 Å². The van der Waals surface area contributed by atoms with Crippen molar-refractivity contribution in [3.05, 3.63) is 99.6 Å². The first-order valence-electron chi connectivity index (χ1n) is 12.0. The molecule has 8 nitrogen and oxygen atoms in total. The molecule has 0 saturated carbocycles. The van der Waals surface area contributed by atoms with Gasteiger partial charge in [0.05, 0.1) is 39.9 Å². The SMILES string of the molecule is Cc1cccc2cc(Cn3nc(-c4cn[nH]c4)c4c(C(C)C)ncnc43)n(-c3ccccc3Cl)c(=O)c12. The largest absolute Gasteiger partial charge is 0.285 e. The molecule has 2 aromatic carbocycles. The summed E-state index contributed by atoms with van der Waals surface area (Å²) in [5.41, 5.74) is 5.35. The van der Waals surface area contributed by atoms with Crippen molar-refractivity contribution >= 4 is 33.4 Å². The molecule has 9 heteroatoms. The number of rotatable bonds is 5. The first-order valence-corrected chi connectivity index (χ1v) is 12.4. The fraction of sp³-hybridized carbons (Fsp3) is 0.179. The van der Waals surface area contributed by atoms with E-state index >= 15 is 0 Å². The molecule has 0 saturated heterocycles. The van der Waals surface area contributed by atoms with Crippen LogP contribution in [0.4, 0.5) is 0 Å². The molecular formula is C28H24ClN7O. The zero-order valence-corrected chi connectivity index (χ0v) is 21.4. The van der Waals surface area contributed by atoms with Crippen LogP contribution in [0.2, 0.25) is 5.02 Å². The van der Waals surface area contributed by atoms with E-state index in [0.29, 0.717) is 28.3 Å². The standard InChI is InChI=1S/C28H24ClN7O/c1-16(2)25-24-26(19-12-32-33-13-19)34-35(27(24)31-15-30-25)14-20-11-18-8-6-7-17(3)23(18)28(37)36(20)22-10-5-4-9-21(22)29/h4-13,15-16H,14H2,1-3H3,(H,32,33).